The largest absolute Gasteiger partial charge is 0.481 e. The van der Waals surface area contributed by atoms with Gasteiger partial charge in [0.2, 0.25) is 0 Å². The van der Waals surface area contributed by atoms with E-state index < -0.39 is 18.0 Å². The van der Waals surface area contributed by atoms with E-state index in [1.165, 1.54) is 23.3 Å². The van der Waals surface area contributed by atoms with Gasteiger partial charge in [0, 0.05) is 6.08 Å². The normalized spacial score (nSPS) is 11.4. The monoisotopic (exact) mass is 294 g/mol. The smallest absolute Gasteiger partial charge is 0.330 e. The van der Waals surface area contributed by atoms with Crippen LogP contribution in [0.4, 0.5) is 0 Å². The van der Waals surface area contributed by atoms with Crippen molar-refractivity contribution in [3.8, 4) is 0 Å². The minimum Gasteiger partial charge on any atom is -0.481 e. The molecular formula is C16H24NO4+. The molecule has 1 aromatic rings. The first-order valence-corrected chi connectivity index (χ1v) is 6.78. The molecule has 0 aliphatic carbocycles. The number of carboxylic acid groups (broad SMARTS) is 1. The Morgan fingerprint density at radius 2 is 1.71 bits per heavy atom. The third-order valence-corrected chi connectivity index (χ3v) is 2.45. The highest BCUT2D eigenvalue weighted by Gasteiger charge is 2.07. The van der Waals surface area contributed by atoms with E-state index in [9.17, 15) is 9.59 Å². The topological polar surface area (TPSA) is 91.2 Å². The number of aliphatic carboxylic acids is 1. The van der Waals surface area contributed by atoms with Gasteiger partial charge in [0.1, 0.15) is 12.5 Å². The Morgan fingerprint density at radius 1 is 1.24 bits per heavy atom. The lowest BCUT2D eigenvalue weighted by atomic mass is 10.2. The van der Waals surface area contributed by atoms with Crippen LogP contribution in [0.3, 0.4) is 0 Å². The van der Waals surface area contributed by atoms with Crippen LogP contribution in [0, 0.1) is 13.8 Å². The lowest BCUT2D eigenvalue weighted by Crippen LogP contribution is -2.60. The molecule has 0 heterocycles. The second-order valence-corrected chi connectivity index (χ2v) is 4.62. The molecule has 5 heteroatoms. The van der Waals surface area contributed by atoms with Crippen LogP contribution in [0.1, 0.15) is 24.5 Å². The summed E-state index contributed by atoms with van der Waals surface area (Å²) in [6.45, 7) is 6.20. The summed E-state index contributed by atoms with van der Waals surface area (Å²) in [5, 5.41) is 8.36. The van der Waals surface area contributed by atoms with Crippen LogP contribution in [-0.4, -0.2) is 29.7 Å². The van der Waals surface area contributed by atoms with E-state index >= 15 is 0 Å². The number of hydrogen-bond acceptors (Lipinski definition) is 3. The zero-order chi connectivity index (χ0) is 16.3. The first kappa shape index (κ1) is 18.9. The van der Waals surface area contributed by atoms with Gasteiger partial charge in [-0.05, 0) is 26.8 Å². The molecule has 1 atom stereocenters. The Hall–Kier alpha value is -2.14. The molecule has 0 amide bonds. The van der Waals surface area contributed by atoms with Crippen LogP contribution in [0.25, 0.3) is 0 Å². The van der Waals surface area contributed by atoms with Crippen molar-refractivity contribution in [2.24, 2.45) is 0 Å². The van der Waals surface area contributed by atoms with Crippen molar-refractivity contribution in [2.45, 2.75) is 33.2 Å². The maximum atomic E-state index is 10.7. The zero-order valence-electron chi connectivity index (χ0n) is 12.8. The van der Waals surface area contributed by atoms with Crippen molar-refractivity contribution in [3.05, 3.63) is 47.5 Å². The summed E-state index contributed by atoms with van der Waals surface area (Å²) in [5.74, 6) is -1.41. The first-order valence-electron chi connectivity index (χ1n) is 6.78. The Morgan fingerprint density at radius 3 is 2.10 bits per heavy atom. The van der Waals surface area contributed by atoms with Gasteiger partial charge in [0.05, 0.1) is 6.61 Å². The number of benzene rings is 1. The lowest BCUT2D eigenvalue weighted by Gasteiger charge is -1.98. The second kappa shape index (κ2) is 10.6. The van der Waals surface area contributed by atoms with Gasteiger partial charge in [0.25, 0.3) is 0 Å². The van der Waals surface area contributed by atoms with Crippen LogP contribution in [-0.2, 0) is 14.3 Å². The molecule has 0 fully saturated rings. The van der Waals surface area contributed by atoms with Gasteiger partial charge in [-0.15, -0.1) is 0 Å². The molecular weight excluding hydrogens is 270 g/mol. The van der Waals surface area contributed by atoms with Crippen LogP contribution >= 0.6 is 0 Å². The molecule has 21 heavy (non-hydrogen) atoms. The minimum atomic E-state index is -0.937. The fourth-order valence-electron chi connectivity index (χ4n) is 1.33. The number of esters is 1. The van der Waals surface area contributed by atoms with E-state index in [1.54, 1.807) is 6.92 Å². The number of carbonyl (C=O) groups excluding carboxylic acids is 1. The van der Waals surface area contributed by atoms with Crippen molar-refractivity contribution in [1.82, 2.24) is 0 Å². The van der Waals surface area contributed by atoms with Gasteiger partial charge in [-0.25, -0.2) is 4.79 Å². The van der Waals surface area contributed by atoms with Crippen LogP contribution < -0.4 is 5.73 Å². The molecule has 0 radical (unpaired) electrons. The highest BCUT2D eigenvalue weighted by atomic mass is 16.5. The summed E-state index contributed by atoms with van der Waals surface area (Å²) in [6, 6.07) is 8.08. The maximum absolute atomic E-state index is 10.7. The molecule has 0 saturated carbocycles. The van der Waals surface area contributed by atoms with E-state index in [2.05, 4.69) is 48.6 Å². The summed E-state index contributed by atoms with van der Waals surface area (Å²) in [5.41, 5.74) is 6.19. The summed E-state index contributed by atoms with van der Waals surface area (Å²) in [4.78, 5) is 20.9. The molecule has 0 aliphatic heterocycles. The Labute approximate surface area is 125 Å². The van der Waals surface area contributed by atoms with Crippen molar-refractivity contribution in [1.29, 1.82) is 0 Å². The van der Waals surface area contributed by atoms with Gasteiger partial charge in [-0.3, -0.25) is 4.79 Å². The first-order chi connectivity index (χ1) is 9.85. The molecule has 4 N–H and O–H groups in total. The minimum absolute atomic E-state index is 0.0874. The second-order valence-electron chi connectivity index (χ2n) is 4.62. The predicted octanol–water partition coefficient (Wildman–Crippen LogP) is 1.49. The third kappa shape index (κ3) is 11.4. The van der Waals surface area contributed by atoms with Crippen molar-refractivity contribution in [2.75, 3.05) is 6.61 Å². The molecule has 0 aliphatic rings. The summed E-state index contributed by atoms with van der Waals surface area (Å²) in [6.07, 6.45) is 2.53. The zero-order valence-corrected chi connectivity index (χ0v) is 12.8. The standard InChI is InChI=1S/C8H13NO4.C8H10/c1-2-13-8(12)4-3-6(9)5-7(10)11;1-7-3-5-8(2)6-4-7/h3-4,6H,2,5,9H2,1H3,(H,10,11);3-6H,1-2H3/p+1/b4-3+;/t6-;/m1./s1. The van der Waals surface area contributed by atoms with E-state index in [4.69, 9.17) is 5.11 Å². The SMILES string of the molecule is CCOC(=O)/C=C/[C@@H]([NH3+])CC(=O)O.Cc1ccc(C)cc1. The van der Waals surface area contributed by atoms with E-state index in [1.807, 2.05) is 0 Å². The highest BCUT2D eigenvalue weighted by Crippen LogP contribution is 1.99. The summed E-state index contributed by atoms with van der Waals surface area (Å²) in [7, 11) is 0. The van der Waals surface area contributed by atoms with Gasteiger partial charge < -0.3 is 15.6 Å². The quantitative estimate of drug-likeness (QED) is 0.636. The van der Waals surface area contributed by atoms with E-state index in [0.29, 0.717) is 6.61 Å². The van der Waals surface area contributed by atoms with Gasteiger partial charge >= 0.3 is 11.9 Å². The number of rotatable bonds is 5. The number of hydrogen-bond donors (Lipinski definition) is 2. The van der Waals surface area contributed by atoms with Gasteiger partial charge in [-0.1, -0.05) is 35.4 Å². The van der Waals surface area contributed by atoms with Crippen LogP contribution in [0.5, 0.6) is 0 Å². The molecule has 116 valence electrons. The molecule has 0 aromatic heterocycles. The van der Waals surface area contributed by atoms with Crippen molar-refractivity contribution < 1.29 is 25.2 Å². The van der Waals surface area contributed by atoms with Crippen LogP contribution in [0.15, 0.2) is 36.4 Å². The Kier molecular flexibility index (Phi) is 9.54. The Bertz CT molecular complexity index is 445. The lowest BCUT2D eigenvalue weighted by molar-refractivity contribution is -0.402. The fraction of sp³-hybridized carbons (Fsp3) is 0.375. The van der Waals surface area contributed by atoms with Crippen molar-refractivity contribution >= 4 is 11.9 Å². The number of ether oxygens (including phenoxy) is 1. The molecule has 0 saturated heterocycles. The van der Waals surface area contributed by atoms with E-state index in [0.717, 1.165) is 0 Å². The predicted molar refractivity (Wildman–Crippen MR) is 80.6 cm³/mol. The van der Waals surface area contributed by atoms with E-state index in [-0.39, 0.29) is 6.42 Å². The molecule has 0 spiro atoms. The Balaban J connectivity index is 0.000000423. The third-order valence-electron chi connectivity index (χ3n) is 2.45. The molecule has 0 unspecified atom stereocenters. The molecule has 1 rings (SSSR count). The average Bonchev–Trinajstić information content (AvgIpc) is 2.40. The number of carbonyl (C=O) groups is 2. The molecule has 5 nitrogen and oxygen atoms in total. The van der Waals surface area contributed by atoms with Gasteiger partial charge in [-0.2, -0.15) is 0 Å². The molecule has 1 aromatic carbocycles. The van der Waals surface area contributed by atoms with Crippen LogP contribution in [0.2, 0.25) is 0 Å². The fourth-order valence-corrected chi connectivity index (χ4v) is 1.33. The summed E-state index contributed by atoms with van der Waals surface area (Å²) >= 11 is 0. The number of carboxylic acids is 1. The summed E-state index contributed by atoms with van der Waals surface area (Å²) < 4.78 is 4.60. The number of aryl methyl sites for hydroxylation is 2. The number of quaternary nitrogens is 1. The van der Waals surface area contributed by atoms with Gasteiger partial charge in [0.15, 0.2) is 0 Å². The average molecular weight is 294 g/mol. The highest BCUT2D eigenvalue weighted by molar-refractivity contribution is 5.82. The maximum Gasteiger partial charge on any atom is 0.330 e. The van der Waals surface area contributed by atoms with Crippen molar-refractivity contribution in [3.63, 3.8) is 0 Å². The molecule has 0 bridgehead atoms.